The van der Waals surface area contributed by atoms with Gasteiger partial charge in [-0.2, -0.15) is 0 Å². The Balaban J connectivity index is 2.05. The lowest BCUT2D eigenvalue weighted by Crippen LogP contribution is -2.41. The van der Waals surface area contributed by atoms with Crippen LogP contribution in [0.4, 0.5) is 4.39 Å². The SMILES string of the molecule is CC1(C)O[C@H]2O[C@H]([C@H](O)CF)[C@@H](O)[C@H]2O1. The smallest absolute Gasteiger partial charge is 0.190 e. The van der Waals surface area contributed by atoms with Crippen LogP contribution in [0.15, 0.2) is 0 Å². The topological polar surface area (TPSA) is 68.2 Å². The van der Waals surface area contributed by atoms with Crippen molar-refractivity contribution >= 4 is 0 Å². The molecule has 0 unspecified atom stereocenters. The van der Waals surface area contributed by atoms with Gasteiger partial charge in [-0.3, -0.25) is 0 Å². The zero-order valence-electron chi connectivity index (χ0n) is 8.59. The van der Waals surface area contributed by atoms with E-state index < -0.39 is 43.2 Å². The van der Waals surface area contributed by atoms with E-state index in [9.17, 15) is 14.6 Å². The molecule has 2 rings (SSSR count). The lowest BCUT2D eigenvalue weighted by Gasteiger charge is -2.24. The number of ether oxygens (including phenoxy) is 3. The van der Waals surface area contributed by atoms with Crippen LogP contribution < -0.4 is 0 Å². The zero-order chi connectivity index (χ0) is 11.2. The van der Waals surface area contributed by atoms with Crippen molar-refractivity contribution in [2.45, 2.75) is 50.3 Å². The Morgan fingerprint density at radius 1 is 1.40 bits per heavy atom. The van der Waals surface area contributed by atoms with Crippen LogP contribution in [0.25, 0.3) is 0 Å². The van der Waals surface area contributed by atoms with Gasteiger partial charge in [0.25, 0.3) is 0 Å². The molecule has 5 atom stereocenters. The van der Waals surface area contributed by atoms with E-state index in [0.717, 1.165) is 0 Å². The van der Waals surface area contributed by atoms with Gasteiger partial charge in [-0.15, -0.1) is 0 Å². The second kappa shape index (κ2) is 3.64. The van der Waals surface area contributed by atoms with Crippen LogP contribution in [-0.4, -0.2) is 53.4 Å². The predicted octanol–water partition coefficient (Wildman–Crippen LogP) is -0.446. The van der Waals surface area contributed by atoms with Crippen LogP contribution in [0.2, 0.25) is 0 Å². The van der Waals surface area contributed by atoms with Crippen molar-refractivity contribution in [2.24, 2.45) is 0 Å². The van der Waals surface area contributed by atoms with Gasteiger partial charge in [0.1, 0.15) is 31.1 Å². The molecule has 0 aromatic rings. The minimum absolute atomic E-state index is 0.661. The van der Waals surface area contributed by atoms with E-state index in [1.807, 2.05) is 0 Å². The maximum absolute atomic E-state index is 12.2. The van der Waals surface area contributed by atoms with Crippen molar-refractivity contribution in [3.63, 3.8) is 0 Å². The average Bonchev–Trinajstić information content (AvgIpc) is 2.60. The molecule has 2 heterocycles. The Morgan fingerprint density at radius 2 is 2.07 bits per heavy atom. The molecular formula is C9H15FO5. The van der Waals surface area contributed by atoms with E-state index >= 15 is 0 Å². The number of hydrogen-bond acceptors (Lipinski definition) is 5. The number of aliphatic hydroxyl groups excluding tert-OH is 2. The van der Waals surface area contributed by atoms with Gasteiger partial charge < -0.3 is 24.4 Å². The number of fused-ring (bicyclic) bond motifs is 1. The first-order chi connectivity index (χ1) is 6.94. The first-order valence-electron chi connectivity index (χ1n) is 4.88. The summed E-state index contributed by atoms with van der Waals surface area (Å²) < 4.78 is 28.1. The van der Waals surface area contributed by atoms with Crippen LogP contribution >= 0.6 is 0 Å². The third kappa shape index (κ3) is 1.88. The summed E-state index contributed by atoms with van der Waals surface area (Å²) in [6.45, 7) is 2.43. The molecular weight excluding hydrogens is 207 g/mol. The van der Waals surface area contributed by atoms with Crippen molar-refractivity contribution in [2.75, 3.05) is 6.67 Å². The molecule has 15 heavy (non-hydrogen) atoms. The summed E-state index contributed by atoms with van der Waals surface area (Å²) in [5, 5.41) is 19.0. The molecule has 0 bridgehead atoms. The fourth-order valence-electron chi connectivity index (χ4n) is 1.92. The Hall–Kier alpha value is -0.270. The van der Waals surface area contributed by atoms with Crippen LogP contribution in [0.1, 0.15) is 13.8 Å². The summed E-state index contributed by atoms with van der Waals surface area (Å²) in [4.78, 5) is 0. The van der Waals surface area contributed by atoms with Crippen molar-refractivity contribution < 1.29 is 28.8 Å². The summed E-state index contributed by atoms with van der Waals surface area (Å²) in [5.74, 6) is -0.818. The monoisotopic (exact) mass is 222 g/mol. The van der Waals surface area contributed by atoms with Crippen molar-refractivity contribution in [3.8, 4) is 0 Å². The van der Waals surface area contributed by atoms with Crippen LogP contribution in [-0.2, 0) is 14.2 Å². The maximum Gasteiger partial charge on any atom is 0.190 e. The highest BCUT2D eigenvalue weighted by atomic mass is 19.1. The van der Waals surface area contributed by atoms with E-state index in [0.29, 0.717) is 0 Å². The normalized spacial score (nSPS) is 45.4. The lowest BCUT2D eigenvalue weighted by atomic mass is 10.1. The molecule has 0 saturated carbocycles. The molecule has 2 fully saturated rings. The number of hydrogen-bond donors (Lipinski definition) is 2. The second-order valence-electron chi connectivity index (χ2n) is 4.28. The van der Waals surface area contributed by atoms with Gasteiger partial charge in [0, 0.05) is 0 Å². The standard InChI is InChI=1S/C9H15FO5/c1-9(2)14-7-5(12)6(4(11)3-10)13-8(7)15-9/h4-8,11-12H,3H2,1-2H3/t4-,5-,6-,7-,8-/m1/s1. The van der Waals surface area contributed by atoms with Gasteiger partial charge in [0.2, 0.25) is 0 Å². The molecule has 2 aliphatic rings. The van der Waals surface area contributed by atoms with E-state index in [4.69, 9.17) is 14.2 Å². The minimum Gasteiger partial charge on any atom is -0.388 e. The quantitative estimate of drug-likeness (QED) is 0.662. The molecule has 0 aromatic carbocycles. The number of halogens is 1. The lowest BCUT2D eigenvalue weighted by molar-refractivity contribution is -0.226. The Kier molecular flexibility index (Phi) is 2.72. The highest BCUT2D eigenvalue weighted by Crippen LogP contribution is 2.38. The first kappa shape index (κ1) is 11.2. The summed E-state index contributed by atoms with van der Waals surface area (Å²) in [5.41, 5.74) is 0. The Bertz CT molecular complexity index is 247. The molecule has 0 radical (unpaired) electrons. The molecule has 5 nitrogen and oxygen atoms in total. The van der Waals surface area contributed by atoms with E-state index in [1.54, 1.807) is 13.8 Å². The molecule has 0 spiro atoms. The van der Waals surface area contributed by atoms with Crippen molar-refractivity contribution in [1.82, 2.24) is 0 Å². The minimum atomic E-state index is -1.35. The fourth-order valence-corrected chi connectivity index (χ4v) is 1.92. The van der Waals surface area contributed by atoms with Crippen LogP contribution in [0.3, 0.4) is 0 Å². The van der Waals surface area contributed by atoms with E-state index in [2.05, 4.69) is 0 Å². The van der Waals surface area contributed by atoms with Crippen LogP contribution in [0.5, 0.6) is 0 Å². The maximum atomic E-state index is 12.2. The summed E-state index contributed by atoms with van der Waals surface area (Å²) >= 11 is 0. The predicted molar refractivity (Wildman–Crippen MR) is 46.7 cm³/mol. The fraction of sp³-hybridized carbons (Fsp3) is 1.00. The van der Waals surface area contributed by atoms with Crippen molar-refractivity contribution in [3.05, 3.63) is 0 Å². The van der Waals surface area contributed by atoms with Gasteiger partial charge in [-0.05, 0) is 13.8 Å². The number of alkyl halides is 1. The molecule has 0 aliphatic carbocycles. The number of aliphatic hydroxyl groups is 2. The first-order valence-corrected chi connectivity index (χ1v) is 4.88. The summed E-state index contributed by atoms with van der Waals surface area (Å²) in [7, 11) is 0. The molecule has 2 saturated heterocycles. The molecule has 6 heteroatoms. The van der Waals surface area contributed by atoms with E-state index in [-0.39, 0.29) is 0 Å². The van der Waals surface area contributed by atoms with Crippen molar-refractivity contribution in [1.29, 1.82) is 0 Å². The third-order valence-corrected chi connectivity index (χ3v) is 2.59. The molecule has 0 aromatic heterocycles. The molecule has 2 aliphatic heterocycles. The molecule has 2 N–H and O–H groups in total. The molecule has 88 valence electrons. The number of rotatable bonds is 2. The summed E-state index contributed by atoms with van der Waals surface area (Å²) in [6.07, 6.45) is -4.79. The van der Waals surface area contributed by atoms with Gasteiger partial charge in [0.15, 0.2) is 12.1 Å². The second-order valence-corrected chi connectivity index (χ2v) is 4.28. The van der Waals surface area contributed by atoms with Crippen LogP contribution in [0, 0.1) is 0 Å². The largest absolute Gasteiger partial charge is 0.388 e. The van der Waals surface area contributed by atoms with Gasteiger partial charge >= 0.3 is 0 Å². The van der Waals surface area contributed by atoms with Gasteiger partial charge in [-0.25, -0.2) is 4.39 Å². The average molecular weight is 222 g/mol. The van der Waals surface area contributed by atoms with Gasteiger partial charge in [-0.1, -0.05) is 0 Å². The van der Waals surface area contributed by atoms with Gasteiger partial charge in [0.05, 0.1) is 0 Å². The highest BCUT2D eigenvalue weighted by Gasteiger charge is 2.55. The third-order valence-electron chi connectivity index (χ3n) is 2.59. The summed E-state index contributed by atoms with van der Waals surface area (Å²) in [6, 6.07) is 0. The Labute approximate surface area is 86.7 Å². The molecule has 0 amide bonds. The highest BCUT2D eigenvalue weighted by molar-refractivity contribution is 4.95. The zero-order valence-corrected chi connectivity index (χ0v) is 8.59. The Morgan fingerprint density at radius 3 is 2.60 bits per heavy atom. The van der Waals surface area contributed by atoms with E-state index in [1.165, 1.54) is 0 Å².